The van der Waals surface area contributed by atoms with Gasteiger partial charge >= 0.3 is 0 Å². The summed E-state index contributed by atoms with van der Waals surface area (Å²) in [6.07, 6.45) is 0. The van der Waals surface area contributed by atoms with Crippen molar-refractivity contribution in [2.45, 2.75) is 0 Å². The van der Waals surface area contributed by atoms with Gasteiger partial charge in [0.1, 0.15) is 22.6 Å². The predicted molar refractivity (Wildman–Crippen MR) is 132 cm³/mol. The van der Waals surface area contributed by atoms with Crippen LogP contribution < -0.4 is 14.9 Å². The molecule has 0 aliphatic rings. The third kappa shape index (κ3) is 3.56. The van der Waals surface area contributed by atoms with E-state index in [-0.39, 0.29) is 5.43 Å². The maximum Gasteiger partial charge on any atom is 0.197 e. The van der Waals surface area contributed by atoms with Crippen LogP contribution in [0.25, 0.3) is 44.5 Å². The van der Waals surface area contributed by atoms with E-state index in [0.29, 0.717) is 39.4 Å². The predicted octanol–water partition coefficient (Wildman–Crippen LogP) is 6.81. The Morgan fingerprint density at radius 1 is 0.606 bits per heavy atom. The number of ether oxygens (including phenoxy) is 2. The molecule has 0 N–H and O–H groups in total. The Balaban J connectivity index is 1.99. The van der Waals surface area contributed by atoms with Crippen LogP contribution >= 0.6 is 0 Å². The van der Waals surface area contributed by atoms with Gasteiger partial charge in [-0.1, -0.05) is 91.0 Å². The molecule has 0 saturated heterocycles. The van der Waals surface area contributed by atoms with Crippen LogP contribution in [0.3, 0.4) is 0 Å². The number of fused-ring (bicyclic) bond motifs is 1. The van der Waals surface area contributed by atoms with Gasteiger partial charge in [-0.05, 0) is 11.1 Å². The molecule has 1 aromatic heterocycles. The zero-order valence-electron chi connectivity index (χ0n) is 18.4. The molecule has 4 aromatic carbocycles. The van der Waals surface area contributed by atoms with Gasteiger partial charge in [-0.25, -0.2) is 0 Å². The highest BCUT2D eigenvalue weighted by Crippen LogP contribution is 2.50. The van der Waals surface area contributed by atoms with Crippen molar-refractivity contribution in [2.75, 3.05) is 14.2 Å². The molecule has 33 heavy (non-hydrogen) atoms. The molecule has 0 unspecified atom stereocenters. The van der Waals surface area contributed by atoms with Gasteiger partial charge < -0.3 is 13.9 Å². The van der Waals surface area contributed by atoms with Crippen molar-refractivity contribution in [3.63, 3.8) is 0 Å². The first-order chi connectivity index (χ1) is 16.2. The summed E-state index contributed by atoms with van der Waals surface area (Å²) in [6, 6.07) is 30.7. The van der Waals surface area contributed by atoms with Crippen LogP contribution in [0.15, 0.2) is 106 Å². The summed E-state index contributed by atoms with van der Waals surface area (Å²) < 4.78 is 18.2. The van der Waals surface area contributed by atoms with Crippen molar-refractivity contribution in [1.82, 2.24) is 0 Å². The zero-order valence-corrected chi connectivity index (χ0v) is 18.4. The first kappa shape index (κ1) is 20.6. The lowest BCUT2D eigenvalue weighted by atomic mass is 9.93. The molecule has 162 valence electrons. The van der Waals surface area contributed by atoms with Crippen LogP contribution in [-0.2, 0) is 0 Å². The highest BCUT2D eigenvalue weighted by molar-refractivity contribution is 6.06. The topological polar surface area (TPSA) is 48.7 Å². The Hall–Kier alpha value is -4.31. The third-order valence-electron chi connectivity index (χ3n) is 5.67. The first-order valence-corrected chi connectivity index (χ1v) is 10.6. The van der Waals surface area contributed by atoms with Gasteiger partial charge in [0.25, 0.3) is 0 Å². The largest absolute Gasteiger partial charge is 0.495 e. The molecule has 4 heteroatoms. The van der Waals surface area contributed by atoms with Gasteiger partial charge in [0, 0.05) is 11.6 Å². The molecular weight excluding hydrogens is 412 g/mol. The standard InChI is InChI=1S/C29H22O4/c1-31-27-24(20-14-8-4-9-15-20)28(32-2)26-22(30)18-23(19-12-6-3-7-13-19)33-29(26)25(27)21-16-10-5-11-17-21/h3-18H,1-2H3. The Morgan fingerprint density at radius 2 is 1.09 bits per heavy atom. The Bertz CT molecular complexity index is 1470. The monoisotopic (exact) mass is 434 g/mol. The maximum absolute atomic E-state index is 13.5. The molecule has 0 spiro atoms. The molecule has 0 aliphatic carbocycles. The first-order valence-electron chi connectivity index (χ1n) is 10.6. The van der Waals surface area contributed by atoms with E-state index in [1.165, 1.54) is 6.07 Å². The number of hydrogen-bond acceptors (Lipinski definition) is 4. The number of rotatable bonds is 5. The molecule has 1 heterocycles. The van der Waals surface area contributed by atoms with Crippen molar-refractivity contribution in [3.05, 3.63) is 107 Å². The summed E-state index contributed by atoms with van der Waals surface area (Å²) in [5.74, 6) is 1.51. The molecule has 0 radical (unpaired) electrons. The van der Waals surface area contributed by atoms with Crippen molar-refractivity contribution in [2.24, 2.45) is 0 Å². The maximum atomic E-state index is 13.5. The van der Waals surface area contributed by atoms with E-state index in [9.17, 15) is 4.79 Å². The lowest BCUT2D eigenvalue weighted by Gasteiger charge is -2.20. The van der Waals surface area contributed by atoms with Gasteiger partial charge in [0.2, 0.25) is 0 Å². The second-order valence-electron chi connectivity index (χ2n) is 7.59. The van der Waals surface area contributed by atoms with Crippen LogP contribution in [0.5, 0.6) is 11.5 Å². The van der Waals surface area contributed by atoms with Crippen LogP contribution in [0.4, 0.5) is 0 Å². The molecule has 0 atom stereocenters. The summed E-state index contributed by atoms with van der Waals surface area (Å²) in [6.45, 7) is 0. The molecule has 5 aromatic rings. The third-order valence-corrected chi connectivity index (χ3v) is 5.67. The van der Waals surface area contributed by atoms with Gasteiger partial charge in [-0.3, -0.25) is 4.79 Å². The van der Waals surface area contributed by atoms with Gasteiger partial charge in [0.05, 0.1) is 25.3 Å². The fourth-order valence-electron chi connectivity index (χ4n) is 4.23. The zero-order chi connectivity index (χ0) is 22.8. The van der Waals surface area contributed by atoms with E-state index in [1.807, 2.05) is 91.0 Å². The summed E-state index contributed by atoms with van der Waals surface area (Å²) in [4.78, 5) is 13.5. The molecule has 0 amide bonds. The molecule has 0 fully saturated rings. The summed E-state index contributed by atoms with van der Waals surface area (Å²) in [5.41, 5.74) is 4.27. The van der Waals surface area contributed by atoms with E-state index >= 15 is 0 Å². The van der Waals surface area contributed by atoms with E-state index in [0.717, 1.165) is 16.7 Å². The van der Waals surface area contributed by atoms with Crippen LogP contribution in [0.1, 0.15) is 0 Å². The highest BCUT2D eigenvalue weighted by Gasteiger charge is 2.27. The lowest BCUT2D eigenvalue weighted by molar-refractivity contribution is 0.400. The van der Waals surface area contributed by atoms with Gasteiger partial charge in [0.15, 0.2) is 11.0 Å². The fourth-order valence-corrected chi connectivity index (χ4v) is 4.23. The van der Waals surface area contributed by atoms with E-state index in [2.05, 4.69) is 0 Å². The van der Waals surface area contributed by atoms with Gasteiger partial charge in [-0.2, -0.15) is 0 Å². The SMILES string of the molecule is COc1c(-c2ccccc2)c(OC)c2c(=O)cc(-c3ccccc3)oc2c1-c1ccccc1. The fraction of sp³-hybridized carbons (Fsp3) is 0.0690. The van der Waals surface area contributed by atoms with Crippen molar-refractivity contribution < 1.29 is 13.9 Å². The molecule has 0 aliphatic heterocycles. The van der Waals surface area contributed by atoms with Crippen molar-refractivity contribution >= 4 is 11.0 Å². The average Bonchev–Trinajstić information content (AvgIpc) is 2.88. The molecule has 0 saturated carbocycles. The highest BCUT2D eigenvalue weighted by atomic mass is 16.5. The van der Waals surface area contributed by atoms with E-state index in [4.69, 9.17) is 13.9 Å². The second-order valence-corrected chi connectivity index (χ2v) is 7.59. The summed E-state index contributed by atoms with van der Waals surface area (Å²) >= 11 is 0. The molecular formula is C29H22O4. The number of benzene rings is 4. The van der Waals surface area contributed by atoms with Crippen LogP contribution in [-0.4, -0.2) is 14.2 Å². The Morgan fingerprint density at radius 3 is 1.61 bits per heavy atom. The smallest absolute Gasteiger partial charge is 0.197 e. The quantitative estimate of drug-likeness (QED) is 0.305. The lowest BCUT2D eigenvalue weighted by Crippen LogP contribution is -2.07. The second kappa shape index (κ2) is 8.67. The van der Waals surface area contributed by atoms with Crippen molar-refractivity contribution in [3.8, 4) is 45.1 Å². The number of hydrogen-bond donors (Lipinski definition) is 0. The molecule has 4 nitrogen and oxygen atoms in total. The summed E-state index contributed by atoms with van der Waals surface area (Å²) in [5, 5.41) is 0.385. The normalized spacial score (nSPS) is 10.8. The van der Waals surface area contributed by atoms with Crippen molar-refractivity contribution in [1.29, 1.82) is 0 Å². The summed E-state index contributed by atoms with van der Waals surface area (Å²) in [7, 11) is 3.19. The number of methoxy groups -OCH3 is 2. The Kier molecular flexibility index (Phi) is 5.41. The Labute approximate surface area is 191 Å². The minimum absolute atomic E-state index is 0.177. The van der Waals surface area contributed by atoms with E-state index < -0.39 is 0 Å². The molecule has 5 rings (SSSR count). The molecule has 0 bridgehead atoms. The van der Waals surface area contributed by atoms with Gasteiger partial charge in [-0.15, -0.1) is 0 Å². The average molecular weight is 434 g/mol. The van der Waals surface area contributed by atoms with Crippen LogP contribution in [0.2, 0.25) is 0 Å². The van der Waals surface area contributed by atoms with Crippen LogP contribution in [0, 0.1) is 0 Å². The minimum Gasteiger partial charge on any atom is -0.495 e. The van der Waals surface area contributed by atoms with E-state index in [1.54, 1.807) is 14.2 Å². The minimum atomic E-state index is -0.177.